The Morgan fingerprint density at radius 1 is 1.08 bits per heavy atom. The van der Waals surface area contributed by atoms with Crippen LogP contribution in [0.1, 0.15) is 10.4 Å². The number of nitrogens with zero attached hydrogens (tertiary/aromatic N) is 2. The highest BCUT2D eigenvalue weighted by atomic mass is 35.5. The Balaban J connectivity index is 1.77. The Labute approximate surface area is 148 Å². The summed E-state index contributed by atoms with van der Waals surface area (Å²) >= 11 is 11.9. The van der Waals surface area contributed by atoms with E-state index in [9.17, 15) is 4.79 Å². The highest BCUT2D eigenvalue weighted by Crippen LogP contribution is 2.24. The van der Waals surface area contributed by atoms with Crippen molar-refractivity contribution in [1.82, 2.24) is 9.97 Å². The molecule has 0 bridgehead atoms. The maximum Gasteiger partial charge on any atom is 0.257 e. The number of aromatic nitrogens is 2. The van der Waals surface area contributed by atoms with Crippen LogP contribution in [0.4, 0.5) is 5.69 Å². The molecule has 0 aliphatic heterocycles. The minimum Gasteiger partial charge on any atom is -0.437 e. The predicted octanol–water partition coefficient (Wildman–Crippen LogP) is 4.83. The Morgan fingerprint density at radius 3 is 2.75 bits per heavy atom. The summed E-state index contributed by atoms with van der Waals surface area (Å²) in [6.45, 7) is 0. The van der Waals surface area contributed by atoms with E-state index >= 15 is 0 Å². The summed E-state index contributed by atoms with van der Waals surface area (Å²) < 4.78 is 5.58. The molecule has 0 saturated carbocycles. The second kappa shape index (κ2) is 7.29. The Hall–Kier alpha value is -2.63. The van der Waals surface area contributed by atoms with Gasteiger partial charge in [-0.1, -0.05) is 29.3 Å². The van der Waals surface area contributed by atoms with Crippen molar-refractivity contribution < 1.29 is 9.53 Å². The van der Waals surface area contributed by atoms with Crippen molar-refractivity contribution >= 4 is 34.8 Å². The molecule has 5 nitrogen and oxygen atoms in total. The van der Waals surface area contributed by atoms with Crippen LogP contribution in [-0.2, 0) is 0 Å². The summed E-state index contributed by atoms with van der Waals surface area (Å²) in [6.07, 6.45) is 4.58. The fourth-order valence-electron chi connectivity index (χ4n) is 1.97. The normalized spacial score (nSPS) is 10.2. The number of hydrogen-bond donors (Lipinski definition) is 1. The van der Waals surface area contributed by atoms with Gasteiger partial charge >= 0.3 is 0 Å². The first-order chi connectivity index (χ1) is 11.6. The monoisotopic (exact) mass is 359 g/mol. The van der Waals surface area contributed by atoms with Gasteiger partial charge in [0.25, 0.3) is 5.91 Å². The Morgan fingerprint density at radius 2 is 1.96 bits per heavy atom. The molecule has 1 heterocycles. The van der Waals surface area contributed by atoms with E-state index in [1.165, 1.54) is 18.5 Å². The number of halogens is 2. The van der Waals surface area contributed by atoms with Gasteiger partial charge < -0.3 is 10.1 Å². The summed E-state index contributed by atoms with van der Waals surface area (Å²) in [4.78, 5) is 20.3. The highest BCUT2D eigenvalue weighted by molar-refractivity contribution is 6.36. The molecule has 0 aliphatic carbocycles. The van der Waals surface area contributed by atoms with E-state index in [1.807, 2.05) is 0 Å². The SMILES string of the molecule is O=C(Nc1cccc(Oc2cnccn2)c1)c1cc(Cl)ccc1Cl. The van der Waals surface area contributed by atoms with E-state index in [2.05, 4.69) is 15.3 Å². The molecular formula is C17H11Cl2N3O2. The molecule has 3 aromatic rings. The Bertz CT molecular complexity index is 873. The van der Waals surface area contributed by atoms with Crippen molar-refractivity contribution in [1.29, 1.82) is 0 Å². The number of amides is 1. The van der Waals surface area contributed by atoms with Gasteiger partial charge in [0, 0.05) is 29.2 Å². The van der Waals surface area contributed by atoms with E-state index in [0.717, 1.165) is 0 Å². The van der Waals surface area contributed by atoms with E-state index in [1.54, 1.807) is 42.6 Å². The number of carbonyl (C=O) groups is 1. The molecule has 0 atom stereocenters. The maximum atomic E-state index is 12.3. The topological polar surface area (TPSA) is 64.1 Å². The fraction of sp³-hybridized carbons (Fsp3) is 0. The van der Waals surface area contributed by atoms with Gasteiger partial charge in [-0.25, -0.2) is 4.98 Å². The highest BCUT2D eigenvalue weighted by Gasteiger charge is 2.12. The van der Waals surface area contributed by atoms with Crippen LogP contribution < -0.4 is 10.1 Å². The van der Waals surface area contributed by atoms with E-state index in [0.29, 0.717) is 32.9 Å². The van der Waals surface area contributed by atoms with Crippen LogP contribution >= 0.6 is 23.2 Å². The molecular weight excluding hydrogens is 349 g/mol. The average molecular weight is 360 g/mol. The van der Waals surface area contributed by atoms with Crippen molar-refractivity contribution in [3.63, 3.8) is 0 Å². The molecule has 1 aromatic heterocycles. The van der Waals surface area contributed by atoms with Gasteiger partial charge in [0.1, 0.15) is 5.75 Å². The molecule has 2 aromatic carbocycles. The van der Waals surface area contributed by atoms with Crippen LogP contribution in [0.15, 0.2) is 61.1 Å². The molecule has 120 valence electrons. The molecule has 0 saturated heterocycles. The molecule has 0 aliphatic rings. The molecule has 7 heteroatoms. The van der Waals surface area contributed by atoms with E-state index in [-0.39, 0.29) is 5.91 Å². The number of anilines is 1. The number of ether oxygens (including phenoxy) is 1. The molecule has 0 fully saturated rings. The van der Waals surface area contributed by atoms with Crippen molar-refractivity contribution in [3.05, 3.63) is 76.7 Å². The van der Waals surface area contributed by atoms with Gasteiger partial charge in [0.2, 0.25) is 5.88 Å². The zero-order valence-electron chi connectivity index (χ0n) is 12.2. The van der Waals surface area contributed by atoms with Gasteiger partial charge in [-0.05, 0) is 30.3 Å². The van der Waals surface area contributed by atoms with Crippen molar-refractivity contribution in [2.75, 3.05) is 5.32 Å². The van der Waals surface area contributed by atoms with Crippen LogP contribution in [0.2, 0.25) is 10.0 Å². The molecule has 24 heavy (non-hydrogen) atoms. The first kappa shape index (κ1) is 16.2. The summed E-state index contributed by atoms with van der Waals surface area (Å²) in [7, 11) is 0. The number of benzene rings is 2. The lowest BCUT2D eigenvalue weighted by Gasteiger charge is -2.09. The van der Waals surface area contributed by atoms with Gasteiger partial charge in [-0.3, -0.25) is 9.78 Å². The van der Waals surface area contributed by atoms with Crippen molar-refractivity contribution in [3.8, 4) is 11.6 Å². The standard InChI is InChI=1S/C17H11Cl2N3O2/c18-11-4-5-15(19)14(8-11)17(23)22-12-2-1-3-13(9-12)24-16-10-20-6-7-21-16/h1-10H,(H,22,23). The molecule has 1 N–H and O–H groups in total. The van der Waals surface area contributed by atoms with Crippen LogP contribution in [0, 0.1) is 0 Å². The van der Waals surface area contributed by atoms with Crippen molar-refractivity contribution in [2.24, 2.45) is 0 Å². The summed E-state index contributed by atoms with van der Waals surface area (Å²) in [5.74, 6) is 0.517. The third-order valence-electron chi connectivity index (χ3n) is 3.03. The maximum absolute atomic E-state index is 12.3. The lowest BCUT2D eigenvalue weighted by Crippen LogP contribution is -2.12. The summed E-state index contributed by atoms with van der Waals surface area (Å²) in [5, 5.41) is 3.51. The Kier molecular flexibility index (Phi) is 4.93. The molecule has 3 rings (SSSR count). The predicted molar refractivity (Wildman–Crippen MR) is 93.0 cm³/mol. The number of nitrogens with one attached hydrogen (secondary N) is 1. The zero-order valence-corrected chi connectivity index (χ0v) is 13.8. The van der Waals surface area contributed by atoms with Gasteiger partial charge in [-0.15, -0.1) is 0 Å². The molecule has 0 spiro atoms. The second-order valence-corrected chi connectivity index (χ2v) is 5.60. The van der Waals surface area contributed by atoms with Gasteiger partial charge in [0.15, 0.2) is 0 Å². The van der Waals surface area contributed by atoms with E-state index < -0.39 is 0 Å². The first-order valence-corrected chi connectivity index (χ1v) is 7.68. The minimum atomic E-state index is -0.362. The molecule has 1 amide bonds. The van der Waals surface area contributed by atoms with Crippen molar-refractivity contribution in [2.45, 2.75) is 0 Å². The summed E-state index contributed by atoms with van der Waals surface area (Å²) in [5.41, 5.74) is 0.849. The lowest BCUT2D eigenvalue weighted by atomic mass is 10.2. The number of rotatable bonds is 4. The van der Waals surface area contributed by atoms with Crippen LogP contribution in [0.25, 0.3) is 0 Å². The third-order valence-corrected chi connectivity index (χ3v) is 3.59. The minimum absolute atomic E-state index is 0.296. The molecule has 0 radical (unpaired) electrons. The molecule has 0 unspecified atom stereocenters. The van der Waals surface area contributed by atoms with Gasteiger partial charge in [0.05, 0.1) is 16.8 Å². The van der Waals surface area contributed by atoms with Crippen LogP contribution in [0.5, 0.6) is 11.6 Å². The number of hydrogen-bond acceptors (Lipinski definition) is 4. The average Bonchev–Trinajstić information content (AvgIpc) is 2.58. The van der Waals surface area contributed by atoms with Crippen LogP contribution in [-0.4, -0.2) is 15.9 Å². The quantitative estimate of drug-likeness (QED) is 0.724. The fourth-order valence-corrected chi connectivity index (χ4v) is 2.34. The zero-order chi connectivity index (χ0) is 16.9. The van der Waals surface area contributed by atoms with Gasteiger partial charge in [-0.2, -0.15) is 0 Å². The third kappa shape index (κ3) is 4.01. The first-order valence-electron chi connectivity index (χ1n) is 6.92. The smallest absolute Gasteiger partial charge is 0.257 e. The van der Waals surface area contributed by atoms with E-state index in [4.69, 9.17) is 27.9 Å². The lowest BCUT2D eigenvalue weighted by molar-refractivity contribution is 0.102. The second-order valence-electron chi connectivity index (χ2n) is 4.75. The largest absolute Gasteiger partial charge is 0.437 e. The van der Waals surface area contributed by atoms with Crippen LogP contribution in [0.3, 0.4) is 0 Å². The summed E-state index contributed by atoms with van der Waals surface area (Å²) in [6, 6.07) is 11.6. The number of carbonyl (C=O) groups excluding carboxylic acids is 1.